The molecule has 0 bridgehead atoms. The van der Waals surface area contributed by atoms with Gasteiger partial charge in [0.2, 0.25) is 5.88 Å². The molecule has 2 rings (SSSR count). The Morgan fingerprint density at radius 2 is 2.00 bits per heavy atom. The molecular formula is C14H21N3O4. The highest BCUT2D eigenvalue weighted by Crippen LogP contribution is 2.18. The van der Waals surface area contributed by atoms with Gasteiger partial charge in [0.1, 0.15) is 0 Å². The maximum Gasteiger partial charge on any atom is 0.331 e. The van der Waals surface area contributed by atoms with E-state index in [0.717, 1.165) is 36.7 Å². The molecule has 7 nitrogen and oxygen atoms in total. The van der Waals surface area contributed by atoms with Crippen LogP contribution >= 0.6 is 0 Å². The molecule has 21 heavy (non-hydrogen) atoms. The minimum absolute atomic E-state index is 0.0246. The summed E-state index contributed by atoms with van der Waals surface area (Å²) in [5, 5.41) is 12.8. The lowest BCUT2D eigenvalue weighted by atomic mass is 9.95. The van der Waals surface area contributed by atoms with E-state index in [1.54, 1.807) is 0 Å². The smallest absolute Gasteiger partial charge is 0.331 e. The summed E-state index contributed by atoms with van der Waals surface area (Å²) in [4.78, 5) is 37.7. The van der Waals surface area contributed by atoms with Gasteiger partial charge in [0, 0.05) is 12.6 Å². The summed E-state index contributed by atoms with van der Waals surface area (Å²) in [6, 6.07) is 0.0246. The van der Waals surface area contributed by atoms with Crippen molar-refractivity contribution in [3.05, 3.63) is 26.4 Å². The molecule has 116 valence electrons. The number of aromatic hydroxyl groups is 1. The van der Waals surface area contributed by atoms with Crippen molar-refractivity contribution in [3.8, 4) is 5.88 Å². The van der Waals surface area contributed by atoms with Crippen molar-refractivity contribution in [1.29, 1.82) is 0 Å². The first-order valence-corrected chi connectivity index (χ1v) is 7.41. The van der Waals surface area contributed by atoms with Gasteiger partial charge in [-0.2, -0.15) is 0 Å². The molecule has 0 aliphatic heterocycles. The number of H-pyrrole nitrogens is 1. The van der Waals surface area contributed by atoms with Crippen LogP contribution in [0.15, 0.2) is 9.59 Å². The van der Waals surface area contributed by atoms with Gasteiger partial charge in [0.05, 0.1) is 0 Å². The van der Waals surface area contributed by atoms with Crippen molar-refractivity contribution in [2.45, 2.75) is 58.0 Å². The number of hydrogen-bond acceptors (Lipinski definition) is 4. The fraction of sp³-hybridized carbons (Fsp3) is 0.643. The van der Waals surface area contributed by atoms with Crippen LogP contribution < -0.4 is 16.6 Å². The van der Waals surface area contributed by atoms with E-state index in [0.29, 0.717) is 6.42 Å². The van der Waals surface area contributed by atoms with Crippen molar-refractivity contribution in [2.75, 3.05) is 0 Å². The molecule has 1 heterocycles. The Bertz CT molecular complexity index is 626. The van der Waals surface area contributed by atoms with Gasteiger partial charge in [-0.05, 0) is 19.3 Å². The Hall–Kier alpha value is -2.05. The molecule has 1 aliphatic carbocycles. The average molecular weight is 295 g/mol. The molecule has 0 saturated heterocycles. The first kappa shape index (κ1) is 15.3. The van der Waals surface area contributed by atoms with Crippen LogP contribution in [0.4, 0.5) is 0 Å². The van der Waals surface area contributed by atoms with Gasteiger partial charge in [-0.3, -0.25) is 19.1 Å². The molecule has 3 N–H and O–H groups in total. The summed E-state index contributed by atoms with van der Waals surface area (Å²) in [5.41, 5.74) is -1.93. The molecule has 1 fully saturated rings. The molecule has 0 atom stereocenters. The first-order valence-electron chi connectivity index (χ1n) is 7.41. The monoisotopic (exact) mass is 295 g/mol. The summed E-state index contributed by atoms with van der Waals surface area (Å²) in [6.07, 6.45) is 5.59. The van der Waals surface area contributed by atoms with Crippen LogP contribution in [-0.2, 0) is 6.54 Å². The Labute approximate surface area is 122 Å². The lowest BCUT2D eigenvalue weighted by molar-refractivity contribution is 0.0921. The second-order valence-electron chi connectivity index (χ2n) is 5.42. The molecule has 0 spiro atoms. The third-order valence-electron chi connectivity index (χ3n) is 3.79. The molecule has 1 aliphatic rings. The van der Waals surface area contributed by atoms with E-state index >= 15 is 0 Å². The third-order valence-corrected chi connectivity index (χ3v) is 3.79. The topological polar surface area (TPSA) is 104 Å². The number of hydrogen-bond donors (Lipinski definition) is 3. The number of amides is 1. The standard InChI is InChI=1S/C14H21N3O4/c1-2-8-17-13(20)10(12(19)16-14(17)21)11(18)15-9-6-4-3-5-7-9/h9,20H,2-8H2,1H3,(H,15,18)(H,16,19,21). The lowest BCUT2D eigenvalue weighted by Crippen LogP contribution is -2.41. The van der Waals surface area contributed by atoms with Crippen molar-refractivity contribution in [3.63, 3.8) is 0 Å². The fourth-order valence-electron chi connectivity index (χ4n) is 2.70. The Balaban J connectivity index is 2.29. The SMILES string of the molecule is CCCn1c(O)c(C(=O)NC2CCCCC2)c(=O)[nH]c1=O. The highest BCUT2D eigenvalue weighted by atomic mass is 16.3. The predicted molar refractivity (Wildman–Crippen MR) is 77.6 cm³/mol. The van der Waals surface area contributed by atoms with E-state index in [1.165, 1.54) is 0 Å². The molecule has 0 aromatic carbocycles. The van der Waals surface area contributed by atoms with E-state index < -0.39 is 23.0 Å². The summed E-state index contributed by atoms with van der Waals surface area (Å²) in [6.45, 7) is 2.07. The third kappa shape index (κ3) is 3.34. The summed E-state index contributed by atoms with van der Waals surface area (Å²) in [7, 11) is 0. The Morgan fingerprint density at radius 1 is 1.33 bits per heavy atom. The minimum Gasteiger partial charge on any atom is -0.494 e. The predicted octanol–water partition coefficient (Wildman–Crippen LogP) is 0.715. The molecular weight excluding hydrogens is 274 g/mol. The number of aromatic amines is 1. The first-order chi connectivity index (χ1) is 10.0. The number of carbonyl (C=O) groups excluding carboxylic acids is 1. The summed E-state index contributed by atoms with van der Waals surface area (Å²) >= 11 is 0. The van der Waals surface area contributed by atoms with E-state index in [1.807, 2.05) is 6.92 Å². The zero-order valence-electron chi connectivity index (χ0n) is 12.1. The van der Waals surface area contributed by atoms with Crippen LogP contribution in [0.5, 0.6) is 5.88 Å². The number of carbonyl (C=O) groups is 1. The van der Waals surface area contributed by atoms with Crippen LogP contribution in [-0.4, -0.2) is 26.6 Å². The second-order valence-corrected chi connectivity index (χ2v) is 5.42. The lowest BCUT2D eigenvalue weighted by Gasteiger charge is -2.22. The van der Waals surface area contributed by atoms with Crippen LogP contribution in [0, 0.1) is 0 Å². The van der Waals surface area contributed by atoms with Crippen molar-refractivity contribution < 1.29 is 9.90 Å². The maximum absolute atomic E-state index is 12.2. The summed E-state index contributed by atoms with van der Waals surface area (Å²) < 4.78 is 1.01. The highest BCUT2D eigenvalue weighted by Gasteiger charge is 2.23. The molecule has 0 radical (unpaired) electrons. The van der Waals surface area contributed by atoms with E-state index in [9.17, 15) is 19.5 Å². The van der Waals surface area contributed by atoms with Gasteiger partial charge in [-0.1, -0.05) is 26.2 Å². The molecule has 1 amide bonds. The van der Waals surface area contributed by atoms with Crippen molar-refractivity contribution >= 4 is 5.91 Å². The van der Waals surface area contributed by atoms with E-state index in [2.05, 4.69) is 10.3 Å². The highest BCUT2D eigenvalue weighted by molar-refractivity contribution is 5.96. The maximum atomic E-state index is 12.2. The van der Waals surface area contributed by atoms with Gasteiger partial charge in [0.25, 0.3) is 11.5 Å². The van der Waals surface area contributed by atoms with Crippen LogP contribution in [0.1, 0.15) is 55.8 Å². The van der Waals surface area contributed by atoms with Crippen LogP contribution in [0.25, 0.3) is 0 Å². The molecule has 0 unspecified atom stereocenters. The zero-order valence-corrected chi connectivity index (χ0v) is 12.1. The van der Waals surface area contributed by atoms with Gasteiger partial charge < -0.3 is 10.4 Å². The molecule has 1 saturated carbocycles. The van der Waals surface area contributed by atoms with Crippen LogP contribution in [0.2, 0.25) is 0 Å². The number of rotatable bonds is 4. The van der Waals surface area contributed by atoms with Gasteiger partial charge in [-0.25, -0.2) is 4.79 Å². The van der Waals surface area contributed by atoms with E-state index in [4.69, 9.17) is 0 Å². The number of nitrogens with one attached hydrogen (secondary N) is 2. The molecule has 7 heteroatoms. The number of nitrogens with zero attached hydrogens (tertiary/aromatic N) is 1. The van der Waals surface area contributed by atoms with Gasteiger partial charge in [0.15, 0.2) is 5.56 Å². The van der Waals surface area contributed by atoms with Crippen LogP contribution in [0.3, 0.4) is 0 Å². The normalized spacial score (nSPS) is 15.9. The average Bonchev–Trinajstić information content (AvgIpc) is 2.44. The molecule has 1 aromatic rings. The molecule has 1 aromatic heterocycles. The second kappa shape index (κ2) is 6.60. The van der Waals surface area contributed by atoms with Gasteiger partial charge >= 0.3 is 5.69 Å². The Morgan fingerprint density at radius 3 is 2.62 bits per heavy atom. The van der Waals surface area contributed by atoms with Gasteiger partial charge in [-0.15, -0.1) is 0 Å². The fourth-order valence-corrected chi connectivity index (χ4v) is 2.70. The van der Waals surface area contributed by atoms with Crippen molar-refractivity contribution in [1.82, 2.24) is 14.9 Å². The zero-order chi connectivity index (χ0) is 15.4. The largest absolute Gasteiger partial charge is 0.494 e. The quantitative estimate of drug-likeness (QED) is 0.761. The number of aromatic nitrogens is 2. The van der Waals surface area contributed by atoms with E-state index in [-0.39, 0.29) is 18.2 Å². The summed E-state index contributed by atoms with van der Waals surface area (Å²) in [5.74, 6) is -1.18. The minimum atomic E-state index is -0.849. The van der Waals surface area contributed by atoms with Crippen molar-refractivity contribution in [2.24, 2.45) is 0 Å². The Kier molecular flexibility index (Phi) is 4.82.